The number of para-hydroxylation sites is 1. The van der Waals surface area contributed by atoms with Gasteiger partial charge in [0.05, 0.1) is 12.6 Å². The number of aryl methyl sites for hydroxylation is 1. The van der Waals surface area contributed by atoms with Crippen molar-refractivity contribution in [2.45, 2.75) is 6.92 Å². The molecule has 0 bridgehead atoms. The van der Waals surface area contributed by atoms with Crippen molar-refractivity contribution in [3.05, 3.63) is 84.1 Å². The first-order valence-electron chi connectivity index (χ1n) is 9.44. The number of hydrogen-bond acceptors (Lipinski definition) is 3. The maximum Gasteiger partial charge on any atom is 0.151 e. The van der Waals surface area contributed by atoms with Crippen LogP contribution in [0.1, 0.15) is 5.56 Å². The van der Waals surface area contributed by atoms with Crippen LogP contribution in [0.4, 0.5) is 8.78 Å². The number of benzene rings is 3. The largest absolute Gasteiger partial charge is 0.494 e. The molecule has 0 spiro atoms. The van der Waals surface area contributed by atoms with Crippen LogP contribution in [0.3, 0.4) is 0 Å². The van der Waals surface area contributed by atoms with E-state index in [1.807, 2.05) is 49.4 Å². The molecule has 148 valence electrons. The van der Waals surface area contributed by atoms with Crippen molar-refractivity contribution in [2.24, 2.45) is 0 Å². The smallest absolute Gasteiger partial charge is 0.151 e. The first kappa shape index (κ1) is 18.2. The van der Waals surface area contributed by atoms with E-state index in [9.17, 15) is 8.78 Å². The highest BCUT2D eigenvalue weighted by molar-refractivity contribution is 6.10. The van der Waals surface area contributed by atoms with Gasteiger partial charge in [-0.05, 0) is 25.1 Å². The third-order valence-electron chi connectivity index (χ3n) is 5.18. The maximum atomic E-state index is 14.7. The van der Waals surface area contributed by atoms with Crippen molar-refractivity contribution < 1.29 is 13.5 Å². The topological polar surface area (TPSA) is 39.9 Å². The minimum Gasteiger partial charge on any atom is -0.494 e. The SMILES string of the molecule is COc1cccc2c1ncc1c(-c3ccc(C)cc3)nn(-c3ccc(F)cc3F)c12. The second-order valence-electron chi connectivity index (χ2n) is 7.10. The highest BCUT2D eigenvalue weighted by Gasteiger charge is 2.20. The molecule has 0 fully saturated rings. The van der Waals surface area contributed by atoms with Gasteiger partial charge in [0, 0.05) is 28.6 Å². The van der Waals surface area contributed by atoms with E-state index < -0.39 is 11.6 Å². The quantitative estimate of drug-likeness (QED) is 0.382. The predicted molar refractivity (Wildman–Crippen MR) is 113 cm³/mol. The van der Waals surface area contributed by atoms with Crippen LogP contribution in [0.2, 0.25) is 0 Å². The van der Waals surface area contributed by atoms with Crippen molar-refractivity contribution in [2.75, 3.05) is 7.11 Å². The van der Waals surface area contributed by atoms with Gasteiger partial charge in [0.2, 0.25) is 0 Å². The molecule has 3 aromatic carbocycles. The third-order valence-corrected chi connectivity index (χ3v) is 5.18. The first-order chi connectivity index (χ1) is 14.6. The lowest BCUT2D eigenvalue weighted by Gasteiger charge is -2.09. The van der Waals surface area contributed by atoms with Gasteiger partial charge in [0.15, 0.2) is 5.82 Å². The average Bonchev–Trinajstić information content (AvgIpc) is 3.13. The number of pyridine rings is 1. The summed E-state index contributed by atoms with van der Waals surface area (Å²) in [4.78, 5) is 4.60. The molecule has 4 nitrogen and oxygen atoms in total. The number of ether oxygens (including phenoxy) is 1. The minimum absolute atomic E-state index is 0.162. The van der Waals surface area contributed by atoms with Gasteiger partial charge in [-0.1, -0.05) is 42.0 Å². The summed E-state index contributed by atoms with van der Waals surface area (Å²) < 4.78 is 35.2. The van der Waals surface area contributed by atoms with Crippen molar-refractivity contribution in [3.8, 4) is 22.7 Å². The van der Waals surface area contributed by atoms with Crippen molar-refractivity contribution in [1.29, 1.82) is 0 Å². The summed E-state index contributed by atoms with van der Waals surface area (Å²) >= 11 is 0. The Morgan fingerprint density at radius 1 is 0.933 bits per heavy atom. The summed E-state index contributed by atoms with van der Waals surface area (Å²) in [5.41, 5.74) is 4.17. The van der Waals surface area contributed by atoms with Gasteiger partial charge < -0.3 is 4.74 Å². The van der Waals surface area contributed by atoms with E-state index in [1.165, 1.54) is 16.8 Å². The van der Waals surface area contributed by atoms with Crippen LogP contribution in [0, 0.1) is 18.6 Å². The monoisotopic (exact) mass is 401 g/mol. The molecule has 0 saturated heterocycles. The fraction of sp³-hybridized carbons (Fsp3) is 0.0833. The lowest BCUT2D eigenvalue weighted by molar-refractivity contribution is 0.419. The second-order valence-corrected chi connectivity index (χ2v) is 7.10. The zero-order chi connectivity index (χ0) is 20.8. The Morgan fingerprint density at radius 2 is 1.73 bits per heavy atom. The normalized spacial score (nSPS) is 11.3. The Labute approximate surface area is 171 Å². The molecule has 0 atom stereocenters. The van der Waals surface area contributed by atoms with E-state index in [0.717, 1.165) is 28.0 Å². The molecule has 0 radical (unpaired) electrons. The van der Waals surface area contributed by atoms with Gasteiger partial charge in [-0.3, -0.25) is 4.98 Å². The number of hydrogen-bond donors (Lipinski definition) is 0. The van der Waals surface area contributed by atoms with Crippen LogP contribution in [-0.2, 0) is 0 Å². The van der Waals surface area contributed by atoms with E-state index in [-0.39, 0.29) is 5.69 Å². The molecule has 0 N–H and O–H groups in total. The number of halogens is 2. The third kappa shape index (κ3) is 2.80. The van der Waals surface area contributed by atoms with E-state index in [2.05, 4.69) is 4.98 Å². The van der Waals surface area contributed by atoms with Gasteiger partial charge in [0.25, 0.3) is 0 Å². The summed E-state index contributed by atoms with van der Waals surface area (Å²) in [7, 11) is 1.58. The number of nitrogens with zero attached hydrogens (tertiary/aromatic N) is 3. The molecule has 0 saturated carbocycles. The number of fused-ring (bicyclic) bond motifs is 3. The zero-order valence-corrected chi connectivity index (χ0v) is 16.4. The molecule has 6 heteroatoms. The summed E-state index contributed by atoms with van der Waals surface area (Å²) in [5, 5.41) is 6.26. The van der Waals surface area contributed by atoms with E-state index in [4.69, 9.17) is 9.84 Å². The Morgan fingerprint density at radius 3 is 2.47 bits per heavy atom. The van der Waals surface area contributed by atoms with Crippen LogP contribution in [0.5, 0.6) is 5.75 Å². The van der Waals surface area contributed by atoms with Crippen LogP contribution in [0.25, 0.3) is 38.8 Å². The summed E-state index contributed by atoms with van der Waals surface area (Å²) in [6.45, 7) is 2.01. The van der Waals surface area contributed by atoms with Gasteiger partial charge in [-0.2, -0.15) is 5.10 Å². The van der Waals surface area contributed by atoms with Gasteiger partial charge >= 0.3 is 0 Å². The number of aromatic nitrogens is 3. The Bertz CT molecular complexity index is 1410. The van der Waals surface area contributed by atoms with Gasteiger partial charge in [-0.15, -0.1) is 0 Å². The summed E-state index contributed by atoms with van der Waals surface area (Å²) in [6.07, 6.45) is 1.72. The van der Waals surface area contributed by atoms with Crippen LogP contribution < -0.4 is 4.74 Å². The van der Waals surface area contributed by atoms with Crippen LogP contribution in [0.15, 0.2) is 66.9 Å². The molecular formula is C24H17F2N3O. The fourth-order valence-electron chi connectivity index (χ4n) is 3.70. The van der Waals surface area contributed by atoms with Gasteiger partial charge in [0.1, 0.15) is 28.5 Å². The van der Waals surface area contributed by atoms with Crippen LogP contribution >= 0.6 is 0 Å². The molecule has 0 aliphatic heterocycles. The fourth-order valence-corrected chi connectivity index (χ4v) is 3.70. The average molecular weight is 401 g/mol. The lowest BCUT2D eigenvalue weighted by Crippen LogP contribution is -2.01. The molecule has 0 unspecified atom stereocenters. The maximum absolute atomic E-state index is 14.7. The molecule has 30 heavy (non-hydrogen) atoms. The van der Waals surface area contributed by atoms with Crippen molar-refractivity contribution >= 4 is 21.8 Å². The number of rotatable bonds is 3. The Hall–Kier alpha value is -3.80. The molecule has 0 aliphatic rings. The number of methoxy groups -OCH3 is 1. The van der Waals surface area contributed by atoms with E-state index in [1.54, 1.807) is 13.3 Å². The van der Waals surface area contributed by atoms with Crippen molar-refractivity contribution in [3.63, 3.8) is 0 Å². The van der Waals surface area contributed by atoms with E-state index >= 15 is 0 Å². The molecule has 0 aliphatic carbocycles. The minimum atomic E-state index is -0.692. The van der Waals surface area contributed by atoms with Crippen molar-refractivity contribution in [1.82, 2.24) is 14.8 Å². The van der Waals surface area contributed by atoms with Gasteiger partial charge in [-0.25, -0.2) is 13.5 Å². The molecule has 0 amide bonds. The lowest BCUT2D eigenvalue weighted by atomic mass is 10.1. The standard InChI is InChI=1S/C24H17F2N3O/c1-14-6-8-15(9-7-14)22-18-13-27-23-17(4-3-5-21(23)30-2)24(18)29(28-22)20-11-10-16(25)12-19(20)26/h3-13H,1-2H3. The van der Waals surface area contributed by atoms with E-state index in [0.29, 0.717) is 22.5 Å². The highest BCUT2D eigenvalue weighted by Crippen LogP contribution is 2.36. The summed E-state index contributed by atoms with van der Waals surface area (Å²) in [5.74, 6) is -0.721. The highest BCUT2D eigenvalue weighted by atomic mass is 19.1. The molecule has 5 rings (SSSR count). The summed E-state index contributed by atoms with van der Waals surface area (Å²) in [6, 6.07) is 17.0. The zero-order valence-electron chi connectivity index (χ0n) is 16.4. The predicted octanol–water partition coefficient (Wildman–Crippen LogP) is 5.84. The Kier molecular flexibility index (Phi) is 4.20. The molecular weight excluding hydrogens is 384 g/mol. The first-order valence-corrected chi connectivity index (χ1v) is 9.44. The molecule has 2 heterocycles. The molecule has 2 aromatic heterocycles. The molecule has 5 aromatic rings. The second kappa shape index (κ2) is 6.91. The Balaban J connectivity index is 1.92. The van der Waals surface area contributed by atoms with Crippen LogP contribution in [-0.4, -0.2) is 21.9 Å².